The lowest BCUT2D eigenvalue weighted by Crippen LogP contribution is -2.47. The minimum Gasteiger partial charge on any atom is -0.480 e. The fourth-order valence-corrected chi connectivity index (χ4v) is 4.83. The van der Waals surface area contributed by atoms with Crippen LogP contribution in [0.2, 0.25) is 0 Å². The Bertz CT molecular complexity index is 564. The van der Waals surface area contributed by atoms with Gasteiger partial charge in [-0.25, -0.2) is 4.79 Å². The zero-order valence-electron chi connectivity index (χ0n) is 13.1. The van der Waals surface area contributed by atoms with Crippen molar-refractivity contribution in [3.05, 3.63) is 29.8 Å². The maximum atomic E-state index is 12.4. The van der Waals surface area contributed by atoms with E-state index in [4.69, 9.17) is 5.11 Å². The van der Waals surface area contributed by atoms with Crippen LogP contribution in [0, 0.1) is 12.8 Å². The quantitative estimate of drug-likeness (QED) is 0.763. The highest BCUT2D eigenvalue weighted by Crippen LogP contribution is 2.33. The molecule has 1 fully saturated rings. The molecular weight excluding hydrogens is 334 g/mol. The van der Waals surface area contributed by atoms with E-state index in [1.54, 1.807) is 28.5 Å². The molecule has 1 aromatic rings. The molecule has 0 aliphatic carbocycles. The van der Waals surface area contributed by atoms with Gasteiger partial charge in [0.05, 0.1) is 6.10 Å². The summed E-state index contributed by atoms with van der Waals surface area (Å²) in [6, 6.07) is 7.05. The summed E-state index contributed by atoms with van der Waals surface area (Å²) in [5.41, 5.74) is 1.20. The van der Waals surface area contributed by atoms with Crippen molar-refractivity contribution >= 4 is 33.5 Å². The second-order valence-electron chi connectivity index (χ2n) is 5.75. The number of carboxylic acid groups (broad SMARTS) is 1. The molecule has 0 spiro atoms. The first-order chi connectivity index (χ1) is 10.9. The number of aryl methyl sites for hydroxylation is 1. The maximum absolute atomic E-state index is 12.4. The van der Waals surface area contributed by atoms with Gasteiger partial charge in [0, 0.05) is 23.1 Å². The van der Waals surface area contributed by atoms with Crippen molar-refractivity contribution in [3.8, 4) is 0 Å². The lowest BCUT2D eigenvalue weighted by molar-refractivity contribution is -0.152. The van der Waals surface area contributed by atoms with Crippen LogP contribution in [0.15, 0.2) is 29.2 Å². The molecule has 23 heavy (non-hydrogen) atoms. The van der Waals surface area contributed by atoms with E-state index in [9.17, 15) is 14.7 Å². The maximum Gasteiger partial charge on any atom is 0.329 e. The van der Waals surface area contributed by atoms with E-state index in [0.29, 0.717) is 18.7 Å². The van der Waals surface area contributed by atoms with Gasteiger partial charge in [-0.3, -0.25) is 4.79 Å². The summed E-state index contributed by atoms with van der Waals surface area (Å²) >= 11 is 0. The van der Waals surface area contributed by atoms with Gasteiger partial charge in [-0.2, -0.15) is 0 Å². The number of carbonyl (C=O) groups excluding carboxylic acids is 1. The summed E-state index contributed by atoms with van der Waals surface area (Å²) in [5, 5.41) is 18.9. The number of amides is 1. The third-order valence-corrected chi connectivity index (χ3v) is 6.38. The smallest absolute Gasteiger partial charge is 0.329 e. The largest absolute Gasteiger partial charge is 0.480 e. The number of likely N-dealkylation sites (tertiary alicyclic amines) is 1. The second-order valence-corrected chi connectivity index (χ2v) is 8.17. The van der Waals surface area contributed by atoms with Gasteiger partial charge in [-0.15, -0.1) is 0 Å². The molecule has 0 aromatic heterocycles. The third-order valence-electron chi connectivity index (χ3n) is 3.82. The van der Waals surface area contributed by atoms with Gasteiger partial charge in [0.15, 0.2) is 6.04 Å². The Morgan fingerprint density at radius 3 is 2.61 bits per heavy atom. The molecule has 2 unspecified atom stereocenters. The topological polar surface area (TPSA) is 77.8 Å². The summed E-state index contributed by atoms with van der Waals surface area (Å²) in [6.07, 6.45) is -0.654. The predicted octanol–water partition coefficient (Wildman–Crippen LogP) is 2.42. The average molecular weight is 355 g/mol. The summed E-state index contributed by atoms with van der Waals surface area (Å²) < 4.78 is 0. The van der Waals surface area contributed by atoms with Gasteiger partial charge in [0.25, 0.3) is 0 Å². The van der Waals surface area contributed by atoms with Crippen LogP contribution in [-0.4, -0.2) is 51.4 Å². The number of aliphatic carboxylic acids is 1. The molecule has 3 atom stereocenters. The molecule has 7 heteroatoms. The highest BCUT2D eigenvalue weighted by atomic mass is 33.1. The van der Waals surface area contributed by atoms with Crippen molar-refractivity contribution in [3.63, 3.8) is 0 Å². The van der Waals surface area contributed by atoms with Gasteiger partial charge in [-0.1, -0.05) is 46.2 Å². The van der Waals surface area contributed by atoms with Crippen LogP contribution in [-0.2, 0) is 9.59 Å². The zero-order valence-corrected chi connectivity index (χ0v) is 14.8. The van der Waals surface area contributed by atoms with Gasteiger partial charge in [0.2, 0.25) is 5.91 Å². The van der Waals surface area contributed by atoms with E-state index < -0.39 is 18.1 Å². The molecule has 0 radical (unpaired) electrons. The molecule has 2 N–H and O–H groups in total. The number of nitrogens with zero attached hydrogens (tertiary/aromatic N) is 1. The number of aliphatic hydroxyl groups is 1. The van der Waals surface area contributed by atoms with E-state index in [0.717, 1.165) is 4.90 Å². The highest BCUT2D eigenvalue weighted by Gasteiger charge is 2.42. The van der Waals surface area contributed by atoms with Crippen LogP contribution >= 0.6 is 21.6 Å². The molecule has 1 saturated heterocycles. The number of carboxylic acids is 1. The molecule has 1 aliphatic heterocycles. The van der Waals surface area contributed by atoms with Crippen molar-refractivity contribution in [2.24, 2.45) is 5.92 Å². The van der Waals surface area contributed by atoms with Crippen LogP contribution in [0.1, 0.15) is 18.9 Å². The first kappa shape index (κ1) is 18.2. The fraction of sp³-hybridized carbons (Fsp3) is 0.500. The minimum atomic E-state index is -1.14. The number of carbonyl (C=O) groups is 2. The highest BCUT2D eigenvalue weighted by molar-refractivity contribution is 8.76. The Hall–Kier alpha value is -1.18. The summed E-state index contributed by atoms with van der Waals surface area (Å²) in [5.74, 6) is -1.04. The van der Waals surface area contributed by atoms with E-state index in [1.165, 1.54) is 10.5 Å². The SMILES string of the molecule is Cc1ccc(SSCC(C)C(=O)N2CCC(O)[C@H]2C(=O)O)cc1. The van der Waals surface area contributed by atoms with Crippen LogP contribution in [0.5, 0.6) is 0 Å². The Kier molecular flexibility index (Phi) is 6.38. The lowest BCUT2D eigenvalue weighted by atomic mass is 10.1. The standard InChI is InChI=1S/C16H21NO4S2/c1-10-3-5-12(6-4-10)23-22-9-11(2)15(19)17-8-7-13(18)14(17)16(20)21/h3-6,11,13-14,18H,7-9H2,1-2H3,(H,20,21)/t11?,13?,14-/m0/s1. The number of rotatable bonds is 6. The van der Waals surface area contributed by atoms with Crippen LogP contribution in [0.3, 0.4) is 0 Å². The molecule has 1 heterocycles. The Balaban J connectivity index is 1.85. The van der Waals surface area contributed by atoms with Crippen LogP contribution in [0.25, 0.3) is 0 Å². The van der Waals surface area contributed by atoms with Gasteiger partial charge < -0.3 is 15.1 Å². The molecule has 1 amide bonds. The Labute approximate surface area is 143 Å². The molecule has 5 nitrogen and oxygen atoms in total. The van der Waals surface area contributed by atoms with Crippen LogP contribution in [0.4, 0.5) is 0 Å². The molecular formula is C16H21NO4S2. The zero-order chi connectivity index (χ0) is 17.0. The van der Waals surface area contributed by atoms with E-state index >= 15 is 0 Å². The predicted molar refractivity (Wildman–Crippen MR) is 92.4 cm³/mol. The second kappa shape index (κ2) is 8.08. The van der Waals surface area contributed by atoms with E-state index in [-0.39, 0.29) is 11.8 Å². The van der Waals surface area contributed by atoms with Crippen molar-refractivity contribution in [2.45, 2.75) is 37.3 Å². The molecule has 2 rings (SSSR count). The number of benzene rings is 1. The summed E-state index contributed by atoms with van der Waals surface area (Å²) in [6.45, 7) is 4.14. The van der Waals surface area contributed by atoms with Crippen molar-refractivity contribution < 1.29 is 19.8 Å². The number of aliphatic hydroxyl groups excluding tert-OH is 1. The number of hydrogen-bond acceptors (Lipinski definition) is 5. The summed E-state index contributed by atoms with van der Waals surface area (Å²) in [7, 11) is 3.18. The first-order valence-electron chi connectivity index (χ1n) is 7.47. The fourth-order valence-electron chi connectivity index (χ4n) is 2.47. The van der Waals surface area contributed by atoms with Gasteiger partial charge in [-0.05, 0) is 25.5 Å². The lowest BCUT2D eigenvalue weighted by Gasteiger charge is -2.25. The average Bonchev–Trinajstić information content (AvgIpc) is 2.90. The molecule has 0 saturated carbocycles. The Morgan fingerprint density at radius 1 is 1.35 bits per heavy atom. The summed E-state index contributed by atoms with van der Waals surface area (Å²) in [4.78, 5) is 26.1. The molecule has 1 aliphatic rings. The Morgan fingerprint density at radius 2 is 2.00 bits per heavy atom. The number of hydrogen-bond donors (Lipinski definition) is 2. The monoisotopic (exact) mass is 355 g/mol. The third kappa shape index (κ3) is 4.65. The van der Waals surface area contributed by atoms with E-state index in [2.05, 4.69) is 0 Å². The van der Waals surface area contributed by atoms with Crippen molar-refractivity contribution in [1.29, 1.82) is 0 Å². The normalized spacial score (nSPS) is 22.1. The molecule has 0 bridgehead atoms. The van der Waals surface area contributed by atoms with E-state index in [1.807, 2.05) is 31.2 Å². The molecule has 1 aromatic carbocycles. The molecule has 126 valence electrons. The van der Waals surface area contributed by atoms with Gasteiger partial charge in [0.1, 0.15) is 0 Å². The first-order valence-corrected chi connectivity index (χ1v) is 9.79. The van der Waals surface area contributed by atoms with Crippen LogP contribution < -0.4 is 0 Å². The van der Waals surface area contributed by atoms with Gasteiger partial charge >= 0.3 is 5.97 Å². The van der Waals surface area contributed by atoms with Crippen molar-refractivity contribution in [2.75, 3.05) is 12.3 Å². The van der Waals surface area contributed by atoms with Crippen molar-refractivity contribution in [1.82, 2.24) is 4.90 Å². The minimum absolute atomic E-state index is 0.203.